The third kappa shape index (κ3) is 4.22. The molecule has 2 N–H and O–H groups in total. The smallest absolute Gasteiger partial charge is 0.269 e. The van der Waals surface area contributed by atoms with Crippen LogP contribution in [0.15, 0.2) is 85.1 Å². The number of nitrogens with zero attached hydrogens (tertiary/aromatic N) is 1. The van der Waals surface area contributed by atoms with Gasteiger partial charge in [-0.05, 0) is 22.8 Å². The standard InChI is InChI=1S/C24H21N3O3/c28-24(26-15-17-7-2-1-3-8-17)14-21(18-9-6-10-19(13-18)27(29)30)22-16-25-23-12-5-4-11-20(22)23/h1-13,16,21,25H,14-15H2,(H,26,28)/t21-/m1/s1. The van der Waals surface area contributed by atoms with Crippen LogP contribution >= 0.6 is 0 Å². The van der Waals surface area contributed by atoms with E-state index >= 15 is 0 Å². The Kier molecular flexibility index (Phi) is 5.57. The van der Waals surface area contributed by atoms with Gasteiger partial charge in [0.15, 0.2) is 0 Å². The van der Waals surface area contributed by atoms with Crippen molar-refractivity contribution in [2.75, 3.05) is 0 Å². The molecule has 1 atom stereocenters. The van der Waals surface area contributed by atoms with E-state index in [1.807, 2.05) is 66.9 Å². The summed E-state index contributed by atoms with van der Waals surface area (Å²) >= 11 is 0. The second kappa shape index (κ2) is 8.61. The summed E-state index contributed by atoms with van der Waals surface area (Å²) in [5, 5.41) is 15.2. The summed E-state index contributed by atoms with van der Waals surface area (Å²) in [4.78, 5) is 26.9. The van der Waals surface area contributed by atoms with Crippen molar-refractivity contribution in [3.63, 3.8) is 0 Å². The Hall–Kier alpha value is -3.93. The Bertz CT molecular complexity index is 1180. The van der Waals surface area contributed by atoms with Crippen LogP contribution in [0, 0.1) is 10.1 Å². The van der Waals surface area contributed by atoms with Gasteiger partial charge in [-0.2, -0.15) is 0 Å². The number of para-hydroxylation sites is 1. The first-order valence-electron chi connectivity index (χ1n) is 9.73. The molecule has 4 rings (SSSR count). The summed E-state index contributed by atoms with van der Waals surface area (Å²) < 4.78 is 0. The molecule has 1 heterocycles. The molecule has 0 fully saturated rings. The van der Waals surface area contributed by atoms with Crippen LogP contribution in [0.1, 0.15) is 29.0 Å². The Morgan fingerprint density at radius 1 is 1.00 bits per heavy atom. The zero-order valence-electron chi connectivity index (χ0n) is 16.2. The molecule has 0 unspecified atom stereocenters. The van der Waals surface area contributed by atoms with Crippen LogP contribution in [0.2, 0.25) is 0 Å². The molecule has 0 bridgehead atoms. The minimum atomic E-state index is -0.411. The van der Waals surface area contributed by atoms with Gasteiger partial charge < -0.3 is 10.3 Å². The molecule has 6 heteroatoms. The van der Waals surface area contributed by atoms with Crippen molar-refractivity contribution < 1.29 is 9.72 Å². The van der Waals surface area contributed by atoms with E-state index in [0.29, 0.717) is 6.54 Å². The van der Waals surface area contributed by atoms with Crippen LogP contribution in [0.5, 0.6) is 0 Å². The zero-order valence-corrected chi connectivity index (χ0v) is 16.2. The highest BCUT2D eigenvalue weighted by atomic mass is 16.6. The predicted octanol–water partition coefficient (Wildman–Crippen LogP) is 4.91. The number of nitrogens with one attached hydrogen (secondary N) is 2. The average Bonchev–Trinajstić information content (AvgIpc) is 3.21. The summed E-state index contributed by atoms with van der Waals surface area (Å²) in [5.74, 6) is -0.419. The molecule has 0 aliphatic heterocycles. The number of rotatable bonds is 7. The zero-order chi connectivity index (χ0) is 20.9. The van der Waals surface area contributed by atoms with Crippen LogP contribution < -0.4 is 5.32 Å². The van der Waals surface area contributed by atoms with Gasteiger partial charge in [0.2, 0.25) is 5.91 Å². The predicted molar refractivity (Wildman–Crippen MR) is 116 cm³/mol. The molecule has 6 nitrogen and oxygen atoms in total. The van der Waals surface area contributed by atoms with E-state index in [2.05, 4.69) is 10.3 Å². The first-order valence-corrected chi connectivity index (χ1v) is 9.73. The number of carbonyl (C=O) groups excluding carboxylic acids is 1. The Labute approximate surface area is 173 Å². The van der Waals surface area contributed by atoms with Crippen molar-refractivity contribution in [1.82, 2.24) is 10.3 Å². The van der Waals surface area contributed by atoms with Gasteiger partial charge in [-0.3, -0.25) is 14.9 Å². The van der Waals surface area contributed by atoms with E-state index in [9.17, 15) is 14.9 Å². The molecule has 1 aromatic heterocycles. The maximum Gasteiger partial charge on any atom is 0.269 e. The number of carbonyl (C=O) groups is 1. The normalized spacial score (nSPS) is 11.9. The van der Waals surface area contributed by atoms with Gasteiger partial charge in [0, 0.05) is 48.1 Å². The molecule has 150 valence electrons. The number of nitro benzene ring substituents is 1. The number of hydrogen-bond donors (Lipinski definition) is 2. The lowest BCUT2D eigenvalue weighted by Crippen LogP contribution is -2.25. The van der Waals surface area contributed by atoms with Crippen molar-refractivity contribution in [1.29, 1.82) is 0 Å². The third-order valence-electron chi connectivity index (χ3n) is 5.20. The van der Waals surface area contributed by atoms with Gasteiger partial charge in [-0.15, -0.1) is 0 Å². The Balaban J connectivity index is 1.64. The van der Waals surface area contributed by atoms with E-state index in [1.165, 1.54) is 6.07 Å². The van der Waals surface area contributed by atoms with Crippen molar-refractivity contribution in [3.05, 3.63) is 112 Å². The largest absolute Gasteiger partial charge is 0.361 e. The molecular weight excluding hydrogens is 378 g/mol. The van der Waals surface area contributed by atoms with E-state index < -0.39 is 4.92 Å². The van der Waals surface area contributed by atoms with E-state index in [4.69, 9.17) is 0 Å². The number of H-pyrrole nitrogens is 1. The van der Waals surface area contributed by atoms with Crippen molar-refractivity contribution in [3.8, 4) is 0 Å². The Morgan fingerprint density at radius 3 is 2.57 bits per heavy atom. The first-order chi connectivity index (χ1) is 14.6. The fourth-order valence-electron chi connectivity index (χ4n) is 3.70. The van der Waals surface area contributed by atoms with E-state index in [0.717, 1.165) is 27.6 Å². The second-order valence-corrected chi connectivity index (χ2v) is 7.16. The van der Waals surface area contributed by atoms with Crippen molar-refractivity contribution in [2.24, 2.45) is 0 Å². The molecule has 0 saturated carbocycles. The number of aromatic nitrogens is 1. The lowest BCUT2D eigenvalue weighted by Gasteiger charge is -2.17. The number of benzene rings is 3. The summed E-state index contributed by atoms with van der Waals surface area (Å²) in [6.07, 6.45) is 2.08. The van der Waals surface area contributed by atoms with Crippen LogP contribution in [0.3, 0.4) is 0 Å². The average molecular weight is 399 g/mol. The van der Waals surface area contributed by atoms with Gasteiger partial charge >= 0.3 is 0 Å². The first kappa shape index (κ1) is 19.4. The van der Waals surface area contributed by atoms with Gasteiger partial charge in [0.1, 0.15) is 0 Å². The maximum atomic E-state index is 12.8. The van der Waals surface area contributed by atoms with Crippen molar-refractivity contribution in [2.45, 2.75) is 18.9 Å². The van der Waals surface area contributed by atoms with Gasteiger partial charge in [-0.25, -0.2) is 0 Å². The summed E-state index contributed by atoms with van der Waals surface area (Å²) in [6.45, 7) is 0.440. The fraction of sp³-hybridized carbons (Fsp3) is 0.125. The van der Waals surface area contributed by atoms with E-state index in [-0.39, 0.29) is 23.9 Å². The monoisotopic (exact) mass is 399 g/mol. The highest BCUT2D eigenvalue weighted by Crippen LogP contribution is 2.34. The fourth-order valence-corrected chi connectivity index (χ4v) is 3.70. The SMILES string of the molecule is O=C(C[C@H](c1cccc([N+](=O)[O-])c1)c1c[nH]c2ccccc12)NCc1ccccc1. The Morgan fingerprint density at radius 2 is 1.77 bits per heavy atom. The summed E-state index contributed by atoms with van der Waals surface area (Å²) in [7, 11) is 0. The molecule has 0 spiro atoms. The molecule has 4 aromatic rings. The van der Waals surface area contributed by atoms with Gasteiger partial charge in [-0.1, -0.05) is 60.7 Å². The molecule has 0 aliphatic carbocycles. The molecule has 0 radical (unpaired) electrons. The molecule has 30 heavy (non-hydrogen) atoms. The molecular formula is C24H21N3O3. The highest BCUT2D eigenvalue weighted by molar-refractivity contribution is 5.86. The minimum absolute atomic E-state index is 0.0158. The molecule has 1 amide bonds. The van der Waals surface area contributed by atoms with E-state index in [1.54, 1.807) is 12.1 Å². The second-order valence-electron chi connectivity index (χ2n) is 7.16. The number of non-ortho nitro benzene ring substituents is 1. The number of hydrogen-bond acceptors (Lipinski definition) is 3. The van der Waals surface area contributed by atoms with Crippen LogP contribution in [0.4, 0.5) is 5.69 Å². The number of amides is 1. The summed E-state index contributed by atoms with van der Waals surface area (Å²) in [5.41, 5.74) is 3.68. The van der Waals surface area contributed by atoms with Crippen molar-refractivity contribution >= 4 is 22.5 Å². The van der Waals surface area contributed by atoms with Gasteiger partial charge in [0.05, 0.1) is 4.92 Å². The lowest BCUT2D eigenvalue weighted by atomic mass is 9.87. The molecule has 3 aromatic carbocycles. The molecule has 0 saturated heterocycles. The number of aromatic amines is 1. The third-order valence-corrected chi connectivity index (χ3v) is 5.20. The van der Waals surface area contributed by atoms with Crippen LogP contribution in [0.25, 0.3) is 10.9 Å². The number of fused-ring (bicyclic) bond motifs is 1. The highest BCUT2D eigenvalue weighted by Gasteiger charge is 2.23. The van der Waals surface area contributed by atoms with Crippen LogP contribution in [-0.2, 0) is 11.3 Å². The van der Waals surface area contributed by atoms with Crippen LogP contribution in [-0.4, -0.2) is 15.8 Å². The quantitative estimate of drug-likeness (QED) is 0.342. The topological polar surface area (TPSA) is 88.0 Å². The lowest BCUT2D eigenvalue weighted by molar-refractivity contribution is -0.384. The number of nitro groups is 1. The minimum Gasteiger partial charge on any atom is -0.361 e. The van der Waals surface area contributed by atoms with Gasteiger partial charge in [0.25, 0.3) is 5.69 Å². The molecule has 0 aliphatic rings. The maximum absolute atomic E-state index is 12.8. The summed E-state index contributed by atoms with van der Waals surface area (Å²) in [6, 6.07) is 24.1.